The minimum Gasteiger partial charge on any atom is -0.375 e. The highest BCUT2D eigenvalue weighted by Gasteiger charge is 2.40. The Bertz CT molecular complexity index is 390. The molecule has 94 valence electrons. The largest absolute Gasteiger partial charge is 0.375 e. The van der Waals surface area contributed by atoms with Gasteiger partial charge in [0, 0.05) is 11.9 Å². The van der Waals surface area contributed by atoms with Crippen molar-refractivity contribution in [3.05, 3.63) is 0 Å². The Morgan fingerprint density at radius 3 is 2.88 bits per heavy atom. The lowest BCUT2D eigenvalue weighted by Gasteiger charge is -2.37. The molecule has 1 aromatic heterocycles. The Kier molecular flexibility index (Phi) is 3.28. The molecular weight excluding hydrogens is 254 g/mol. The Morgan fingerprint density at radius 1 is 1.35 bits per heavy atom. The first-order valence-electron chi connectivity index (χ1n) is 6.15. The number of nitrogen functional groups attached to an aromatic ring is 1. The maximum absolute atomic E-state index is 6.03. The number of rotatable bonds is 2. The fraction of sp³-hybridized carbons (Fsp3) is 0.818. The van der Waals surface area contributed by atoms with E-state index in [1.807, 2.05) is 11.8 Å². The molecule has 1 aliphatic carbocycles. The van der Waals surface area contributed by atoms with Gasteiger partial charge >= 0.3 is 0 Å². The zero-order valence-corrected chi connectivity index (χ0v) is 11.4. The fourth-order valence-corrected chi connectivity index (χ4v) is 5.04. The number of thioether (sulfide) groups is 1. The molecule has 1 spiro atoms. The van der Waals surface area contributed by atoms with Crippen molar-refractivity contribution < 1.29 is 4.74 Å². The van der Waals surface area contributed by atoms with E-state index in [0.29, 0.717) is 10.4 Å². The standard InChI is InChI=1S/C11H17N3OS2/c12-9-13-14-10(17-9)16-8-3-6-15-11(7-8)4-1-2-5-11/h8H,1-7H2,(H2,12,13). The number of nitrogens with two attached hydrogens (primary N) is 1. The van der Waals surface area contributed by atoms with Crippen LogP contribution in [0.1, 0.15) is 38.5 Å². The van der Waals surface area contributed by atoms with Crippen LogP contribution in [-0.4, -0.2) is 27.7 Å². The smallest absolute Gasteiger partial charge is 0.203 e. The quantitative estimate of drug-likeness (QED) is 0.896. The second-order valence-corrected chi connectivity index (χ2v) is 7.43. The van der Waals surface area contributed by atoms with Crippen molar-refractivity contribution in [2.45, 2.75) is 53.7 Å². The summed E-state index contributed by atoms with van der Waals surface area (Å²) in [5.74, 6) is 0. The van der Waals surface area contributed by atoms with Crippen molar-refractivity contribution in [3.63, 3.8) is 0 Å². The van der Waals surface area contributed by atoms with Crippen LogP contribution in [0.5, 0.6) is 0 Å². The second kappa shape index (κ2) is 4.74. The van der Waals surface area contributed by atoms with Gasteiger partial charge in [-0.3, -0.25) is 0 Å². The summed E-state index contributed by atoms with van der Waals surface area (Å²) in [5.41, 5.74) is 5.79. The van der Waals surface area contributed by atoms with Crippen molar-refractivity contribution in [2.75, 3.05) is 12.3 Å². The molecule has 2 heterocycles. The van der Waals surface area contributed by atoms with Crippen LogP contribution in [0.4, 0.5) is 5.13 Å². The lowest BCUT2D eigenvalue weighted by atomic mass is 9.92. The van der Waals surface area contributed by atoms with E-state index in [0.717, 1.165) is 23.8 Å². The summed E-state index contributed by atoms with van der Waals surface area (Å²) in [6.07, 6.45) is 7.40. The van der Waals surface area contributed by atoms with Crippen molar-refractivity contribution in [1.29, 1.82) is 0 Å². The SMILES string of the molecule is Nc1nnc(SC2CCOC3(CCCC3)C2)s1. The predicted octanol–water partition coefficient (Wildman–Crippen LogP) is 2.70. The van der Waals surface area contributed by atoms with Gasteiger partial charge in [0.15, 0.2) is 4.34 Å². The van der Waals surface area contributed by atoms with Crippen LogP contribution in [0.3, 0.4) is 0 Å². The molecule has 6 heteroatoms. The molecule has 0 aromatic carbocycles. The number of anilines is 1. The molecule has 0 bridgehead atoms. The van der Waals surface area contributed by atoms with Gasteiger partial charge in [0.05, 0.1) is 5.60 Å². The van der Waals surface area contributed by atoms with Gasteiger partial charge in [0.25, 0.3) is 0 Å². The highest BCUT2D eigenvalue weighted by atomic mass is 32.2. The number of hydrogen-bond acceptors (Lipinski definition) is 6. The minimum absolute atomic E-state index is 0.187. The highest BCUT2D eigenvalue weighted by Crippen LogP contribution is 2.44. The molecule has 1 aliphatic heterocycles. The van der Waals surface area contributed by atoms with E-state index in [9.17, 15) is 0 Å². The molecule has 1 unspecified atom stereocenters. The Labute approximate surface area is 109 Å². The molecule has 3 rings (SSSR count). The van der Waals surface area contributed by atoms with Crippen molar-refractivity contribution in [1.82, 2.24) is 10.2 Å². The summed E-state index contributed by atoms with van der Waals surface area (Å²) < 4.78 is 7.03. The van der Waals surface area contributed by atoms with Gasteiger partial charge in [0.2, 0.25) is 5.13 Å². The third kappa shape index (κ3) is 2.58. The van der Waals surface area contributed by atoms with Crippen LogP contribution in [0.2, 0.25) is 0 Å². The lowest BCUT2D eigenvalue weighted by Crippen LogP contribution is -2.38. The second-order valence-electron chi connectivity index (χ2n) is 4.88. The molecule has 1 saturated carbocycles. The molecule has 0 amide bonds. The molecule has 2 fully saturated rings. The maximum atomic E-state index is 6.03. The monoisotopic (exact) mass is 271 g/mol. The topological polar surface area (TPSA) is 61.0 Å². The third-order valence-corrected chi connectivity index (χ3v) is 5.76. The number of ether oxygens (including phenoxy) is 1. The minimum atomic E-state index is 0.187. The molecule has 1 aromatic rings. The first-order chi connectivity index (χ1) is 8.26. The maximum Gasteiger partial charge on any atom is 0.203 e. The summed E-state index contributed by atoms with van der Waals surface area (Å²) in [7, 11) is 0. The van der Waals surface area contributed by atoms with E-state index >= 15 is 0 Å². The Balaban J connectivity index is 1.64. The summed E-state index contributed by atoms with van der Waals surface area (Å²) in [6.45, 7) is 0.895. The average Bonchev–Trinajstić information content (AvgIpc) is 2.89. The third-order valence-electron chi connectivity index (χ3n) is 3.65. The normalized spacial score (nSPS) is 27.6. The average molecular weight is 271 g/mol. The van der Waals surface area contributed by atoms with E-state index in [-0.39, 0.29) is 5.60 Å². The number of nitrogens with zero attached hydrogens (tertiary/aromatic N) is 2. The van der Waals surface area contributed by atoms with Gasteiger partial charge < -0.3 is 10.5 Å². The predicted molar refractivity (Wildman–Crippen MR) is 70.4 cm³/mol. The molecule has 2 aliphatic rings. The van der Waals surface area contributed by atoms with Crippen LogP contribution in [-0.2, 0) is 4.74 Å². The number of aromatic nitrogens is 2. The zero-order valence-electron chi connectivity index (χ0n) is 9.72. The molecule has 1 saturated heterocycles. The summed E-state index contributed by atoms with van der Waals surface area (Å²) >= 11 is 3.32. The first-order valence-corrected chi connectivity index (χ1v) is 7.85. The van der Waals surface area contributed by atoms with Crippen molar-refractivity contribution >= 4 is 28.2 Å². The molecule has 4 nitrogen and oxygen atoms in total. The van der Waals surface area contributed by atoms with Crippen LogP contribution >= 0.6 is 23.1 Å². The van der Waals surface area contributed by atoms with Crippen LogP contribution < -0.4 is 5.73 Å². The summed E-state index contributed by atoms with van der Waals surface area (Å²) in [5, 5.41) is 9.14. The fourth-order valence-electron chi connectivity index (χ4n) is 2.86. The lowest BCUT2D eigenvalue weighted by molar-refractivity contribution is -0.0704. The Hall–Kier alpha value is -0.330. The van der Waals surface area contributed by atoms with Crippen molar-refractivity contribution in [2.24, 2.45) is 0 Å². The van der Waals surface area contributed by atoms with Crippen LogP contribution in [0, 0.1) is 0 Å². The van der Waals surface area contributed by atoms with E-state index in [1.54, 1.807) is 0 Å². The van der Waals surface area contributed by atoms with E-state index in [1.165, 1.54) is 37.0 Å². The zero-order chi connectivity index (χ0) is 11.7. The molecule has 17 heavy (non-hydrogen) atoms. The van der Waals surface area contributed by atoms with Gasteiger partial charge in [-0.1, -0.05) is 35.9 Å². The van der Waals surface area contributed by atoms with E-state index in [4.69, 9.17) is 10.5 Å². The summed E-state index contributed by atoms with van der Waals surface area (Å²) in [6, 6.07) is 0. The summed E-state index contributed by atoms with van der Waals surface area (Å²) in [4.78, 5) is 0. The molecule has 2 N–H and O–H groups in total. The van der Waals surface area contributed by atoms with Gasteiger partial charge in [0.1, 0.15) is 0 Å². The van der Waals surface area contributed by atoms with E-state index < -0.39 is 0 Å². The number of hydrogen-bond donors (Lipinski definition) is 1. The van der Waals surface area contributed by atoms with Gasteiger partial charge in [-0.05, 0) is 25.7 Å². The van der Waals surface area contributed by atoms with Crippen LogP contribution in [0.15, 0.2) is 4.34 Å². The molecule has 0 radical (unpaired) electrons. The van der Waals surface area contributed by atoms with E-state index in [2.05, 4.69) is 10.2 Å². The van der Waals surface area contributed by atoms with Gasteiger partial charge in [-0.25, -0.2) is 0 Å². The van der Waals surface area contributed by atoms with Crippen molar-refractivity contribution in [3.8, 4) is 0 Å². The first kappa shape index (κ1) is 11.7. The highest BCUT2D eigenvalue weighted by molar-refractivity contribution is 8.01. The molecular formula is C11H17N3OS2. The Morgan fingerprint density at radius 2 is 2.18 bits per heavy atom. The molecule has 1 atom stereocenters. The van der Waals surface area contributed by atoms with Crippen LogP contribution in [0.25, 0.3) is 0 Å². The van der Waals surface area contributed by atoms with Gasteiger partial charge in [-0.2, -0.15) is 0 Å². The van der Waals surface area contributed by atoms with Gasteiger partial charge in [-0.15, -0.1) is 10.2 Å².